The Morgan fingerprint density at radius 1 is 1.06 bits per heavy atom. The molecule has 2 fully saturated rings. The number of sulfone groups is 1. The molecule has 3 aromatic rings. The Morgan fingerprint density at radius 3 is 2.45 bits per heavy atom. The zero-order chi connectivity index (χ0) is 23.2. The van der Waals surface area contributed by atoms with E-state index in [0.717, 1.165) is 29.8 Å². The summed E-state index contributed by atoms with van der Waals surface area (Å²) in [6.45, 7) is 2.78. The Labute approximate surface area is 197 Å². The third-order valence-corrected chi connectivity index (χ3v) is 7.89. The smallest absolute Gasteiger partial charge is 0.320 e. The first-order chi connectivity index (χ1) is 15.8. The van der Waals surface area contributed by atoms with Gasteiger partial charge in [0.25, 0.3) is 0 Å². The number of carbonyl (C=O) groups excluding carboxylic acids is 1. The summed E-state index contributed by atoms with van der Waals surface area (Å²) in [5.41, 5.74) is 3.57. The van der Waals surface area contributed by atoms with E-state index in [1.54, 1.807) is 18.3 Å². The van der Waals surface area contributed by atoms with Crippen LogP contribution in [0.5, 0.6) is 0 Å². The van der Waals surface area contributed by atoms with Crippen LogP contribution < -0.4 is 0 Å². The van der Waals surface area contributed by atoms with Crippen LogP contribution in [0, 0.1) is 0 Å². The SMILES string of the molecule is CS(=O)(=O)c1cc(Cl)ccc1-c1ccc(C2CN(C(=O)N3CC[C@H](c4cnn[nH]4)C3)C2)cc1. The van der Waals surface area contributed by atoms with E-state index in [1.807, 2.05) is 34.1 Å². The van der Waals surface area contributed by atoms with Crippen LogP contribution in [0.25, 0.3) is 11.1 Å². The van der Waals surface area contributed by atoms with Crippen LogP contribution in [-0.4, -0.2) is 72.1 Å². The summed E-state index contributed by atoms with van der Waals surface area (Å²) in [5, 5.41) is 10.9. The fraction of sp³-hybridized carbons (Fsp3) is 0.348. The second-order valence-electron chi connectivity index (χ2n) is 8.76. The number of urea groups is 1. The maximum atomic E-state index is 12.9. The minimum absolute atomic E-state index is 0.0804. The lowest BCUT2D eigenvalue weighted by Crippen LogP contribution is -2.53. The lowest BCUT2D eigenvalue weighted by atomic mass is 9.90. The molecule has 0 bridgehead atoms. The Balaban J connectivity index is 1.22. The molecule has 1 N–H and O–H groups in total. The molecule has 8 nitrogen and oxygen atoms in total. The van der Waals surface area contributed by atoms with Crippen molar-refractivity contribution in [1.82, 2.24) is 25.2 Å². The number of hydrogen-bond donors (Lipinski definition) is 1. The van der Waals surface area contributed by atoms with E-state index in [9.17, 15) is 13.2 Å². The van der Waals surface area contributed by atoms with E-state index in [-0.39, 0.29) is 22.8 Å². The van der Waals surface area contributed by atoms with Crippen LogP contribution in [0.2, 0.25) is 5.02 Å². The zero-order valence-electron chi connectivity index (χ0n) is 18.1. The molecule has 172 valence electrons. The highest BCUT2D eigenvalue weighted by Crippen LogP contribution is 2.34. The molecule has 10 heteroatoms. The van der Waals surface area contributed by atoms with Crippen molar-refractivity contribution in [2.24, 2.45) is 0 Å². The Hall–Kier alpha value is -2.91. The summed E-state index contributed by atoms with van der Waals surface area (Å²) >= 11 is 6.02. The molecule has 3 heterocycles. The van der Waals surface area contributed by atoms with Gasteiger partial charge in [0.05, 0.1) is 16.8 Å². The molecule has 33 heavy (non-hydrogen) atoms. The molecule has 0 radical (unpaired) electrons. The fourth-order valence-electron chi connectivity index (χ4n) is 4.61. The Bertz CT molecular complexity index is 1270. The number of nitrogens with zero attached hydrogens (tertiary/aromatic N) is 4. The number of nitrogens with one attached hydrogen (secondary N) is 1. The highest BCUT2D eigenvalue weighted by Gasteiger charge is 2.37. The van der Waals surface area contributed by atoms with Crippen molar-refractivity contribution < 1.29 is 13.2 Å². The lowest BCUT2D eigenvalue weighted by Gasteiger charge is -2.41. The van der Waals surface area contributed by atoms with E-state index < -0.39 is 9.84 Å². The van der Waals surface area contributed by atoms with E-state index in [2.05, 4.69) is 15.4 Å². The summed E-state index contributed by atoms with van der Waals surface area (Å²) in [7, 11) is -3.41. The maximum Gasteiger partial charge on any atom is 0.320 e. The topological polar surface area (TPSA) is 99.3 Å². The van der Waals surface area contributed by atoms with Gasteiger partial charge >= 0.3 is 6.03 Å². The number of rotatable bonds is 4. The Morgan fingerprint density at radius 2 is 1.79 bits per heavy atom. The molecule has 0 spiro atoms. The van der Waals surface area contributed by atoms with Gasteiger partial charge in [0, 0.05) is 54.9 Å². The molecule has 0 saturated carbocycles. The number of likely N-dealkylation sites (tertiary alicyclic amines) is 2. The van der Waals surface area contributed by atoms with Crippen molar-refractivity contribution in [3.63, 3.8) is 0 Å². The highest BCUT2D eigenvalue weighted by atomic mass is 35.5. The summed E-state index contributed by atoms with van der Waals surface area (Å²) in [6, 6.07) is 12.9. The minimum atomic E-state index is -3.41. The summed E-state index contributed by atoms with van der Waals surface area (Å²) < 4.78 is 24.4. The van der Waals surface area contributed by atoms with Crippen LogP contribution in [0.4, 0.5) is 4.79 Å². The van der Waals surface area contributed by atoms with E-state index in [4.69, 9.17) is 11.6 Å². The van der Waals surface area contributed by atoms with Gasteiger partial charge in [-0.25, -0.2) is 13.2 Å². The zero-order valence-corrected chi connectivity index (χ0v) is 19.7. The van der Waals surface area contributed by atoms with Crippen molar-refractivity contribution in [3.8, 4) is 11.1 Å². The second-order valence-corrected chi connectivity index (χ2v) is 11.2. The lowest BCUT2D eigenvalue weighted by molar-refractivity contribution is 0.121. The number of benzene rings is 2. The molecule has 0 aliphatic carbocycles. The maximum absolute atomic E-state index is 12.9. The number of amides is 2. The van der Waals surface area contributed by atoms with Gasteiger partial charge in [-0.3, -0.25) is 5.10 Å². The first-order valence-corrected chi connectivity index (χ1v) is 13.1. The van der Waals surface area contributed by atoms with Crippen molar-refractivity contribution in [2.75, 3.05) is 32.4 Å². The third kappa shape index (κ3) is 4.35. The summed E-state index contributed by atoms with van der Waals surface area (Å²) in [5.74, 6) is 0.538. The Kier molecular flexibility index (Phi) is 5.62. The second kappa shape index (κ2) is 8.46. The average molecular weight is 486 g/mol. The summed E-state index contributed by atoms with van der Waals surface area (Å²) in [4.78, 5) is 16.9. The van der Waals surface area contributed by atoms with Gasteiger partial charge in [-0.2, -0.15) is 0 Å². The quantitative estimate of drug-likeness (QED) is 0.609. The van der Waals surface area contributed by atoms with Gasteiger partial charge in [-0.05, 0) is 29.7 Å². The largest absolute Gasteiger partial charge is 0.324 e. The van der Waals surface area contributed by atoms with Gasteiger partial charge in [0.1, 0.15) is 0 Å². The van der Waals surface area contributed by atoms with Crippen LogP contribution in [0.15, 0.2) is 53.6 Å². The third-order valence-electron chi connectivity index (χ3n) is 6.52. The number of H-pyrrole nitrogens is 1. The molecule has 0 unspecified atom stereocenters. The van der Waals surface area contributed by atoms with E-state index >= 15 is 0 Å². The van der Waals surface area contributed by atoms with Gasteiger partial charge in [-0.15, -0.1) is 5.10 Å². The predicted molar refractivity (Wildman–Crippen MR) is 125 cm³/mol. The number of hydrogen-bond acceptors (Lipinski definition) is 5. The number of aromatic amines is 1. The first-order valence-electron chi connectivity index (χ1n) is 10.8. The normalized spacial score (nSPS) is 19.0. The van der Waals surface area contributed by atoms with Gasteiger partial charge in [0.15, 0.2) is 9.84 Å². The first kappa shape index (κ1) is 21.9. The molecule has 5 rings (SSSR count). The average Bonchev–Trinajstić information content (AvgIpc) is 3.44. The molecule has 1 aromatic heterocycles. The molecule has 2 aromatic carbocycles. The monoisotopic (exact) mass is 485 g/mol. The number of aromatic nitrogens is 3. The van der Waals surface area contributed by atoms with Crippen LogP contribution in [0.3, 0.4) is 0 Å². The van der Waals surface area contributed by atoms with Crippen LogP contribution >= 0.6 is 11.6 Å². The van der Waals surface area contributed by atoms with Gasteiger partial charge in [0.2, 0.25) is 0 Å². The molecular formula is C23H24ClN5O3S. The van der Waals surface area contributed by atoms with E-state index in [1.165, 1.54) is 12.3 Å². The molecule has 2 saturated heterocycles. The van der Waals surface area contributed by atoms with Crippen molar-refractivity contribution in [1.29, 1.82) is 0 Å². The highest BCUT2D eigenvalue weighted by molar-refractivity contribution is 7.90. The molecule has 2 aliphatic rings. The van der Waals surface area contributed by atoms with Crippen LogP contribution in [-0.2, 0) is 9.84 Å². The summed E-state index contributed by atoms with van der Waals surface area (Å²) in [6.07, 6.45) is 3.82. The van der Waals surface area contributed by atoms with Crippen LogP contribution in [0.1, 0.15) is 29.5 Å². The van der Waals surface area contributed by atoms with Crippen molar-refractivity contribution >= 4 is 27.5 Å². The molecule has 2 aliphatic heterocycles. The fourth-order valence-corrected chi connectivity index (χ4v) is 5.78. The predicted octanol–water partition coefficient (Wildman–Crippen LogP) is 3.54. The minimum Gasteiger partial charge on any atom is -0.324 e. The number of carbonyl (C=O) groups is 1. The van der Waals surface area contributed by atoms with Gasteiger partial charge < -0.3 is 9.80 Å². The van der Waals surface area contributed by atoms with E-state index in [0.29, 0.717) is 30.2 Å². The molecular weight excluding hydrogens is 462 g/mol. The van der Waals surface area contributed by atoms with Crippen molar-refractivity contribution in [2.45, 2.75) is 23.2 Å². The van der Waals surface area contributed by atoms with Crippen molar-refractivity contribution in [3.05, 3.63) is 64.9 Å². The van der Waals surface area contributed by atoms with Gasteiger partial charge in [-0.1, -0.05) is 47.1 Å². The molecule has 1 atom stereocenters. The standard InChI is InChI=1S/C23H24ClN5O3S/c1-33(31,32)22-10-19(24)6-7-20(22)16-4-2-15(3-5-16)18-13-29(14-18)23(30)28-9-8-17(12-28)21-11-25-27-26-21/h2-7,10-11,17-18H,8-9,12-14H2,1H3,(H,25,26,27)/t17-/m0/s1. The number of halogens is 1. The molecule has 2 amide bonds.